The van der Waals surface area contributed by atoms with Crippen LogP contribution in [0.4, 0.5) is 0 Å². The predicted octanol–water partition coefficient (Wildman–Crippen LogP) is 2.96. The molecule has 0 spiro atoms. The molecule has 1 aromatic rings. The van der Waals surface area contributed by atoms with Crippen molar-refractivity contribution in [3.63, 3.8) is 0 Å². The van der Waals surface area contributed by atoms with E-state index >= 15 is 0 Å². The summed E-state index contributed by atoms with van der Waals surface area (Å²) >= 11 is 0. The quantitative estimate of drug-likeness (QED) is 0.756. The van der Waals surface area contributed by atoms with Crippen molar-refractivity contribution < 1.29 is 0 Å². The van der Waals surface area contributed by atoms with E-state index in [1.54, 1.807) is 0 Å². The van der Waals surface area contributed by atoms with Gasteiger partial charge in [0.15, 0.2) is 0 Å². The van der Waals surface area contributed by atoms with E-state index in [1.807, 2.05) is 0 Å². The maximum Gasteiger partial charge on any atom is 0.124 e. The van der Waals surface area contributed by atoms with Gasteiger partial charge >= 0.3 is 0 Å². The third kappa shape index (κ3) is 1.96. The molecule has 0 amide bonds. The Balaban J connectivity index is 2.33. The van der Waals surface area contributed by atoms with Gasteiger partial charge in [0.2, 0.25) is 0 Å². The Bertz CT molecular complexity index is 411. The van der Waals surface area contributed by atoms with Gasteiger partial charge in [0.1, 0.15) is 6.04 Å². The zero-order chi connectivity index (χ0) is 11.5. The van der Waals surface area contributed by atoms with Gasteiger partial charge in [-0.1, -0.05) is 18.2 Å². The van der Waals surface area contributed by atoms with E-state index in [0.717, 1.165) is 13.1 Å². The van der Waals surface area contributed by atoms with Gasteiger partial charge in [-0.3, -0.25) is 4.90 Å². The second-order valence-corrected chi connectivity index (χ2v) is 4.56. The van der Waals surface area contributed by atoms with Gasteiger partial charge in [-0.2, -0.15) is 5.26 Å². The second kappa shape index (κ2) is 4.67. The van der Waals surface area contributed by atoms with Crippen LogP contribution in [0.2, 0.25) is 0 Å². The lowest BCUT2D eigenvalue weighted by molar-refractivity contribution is 0.293. The molecule has 0 bridgehead atoms. The zero-order valence-corrected chi connectivity index (χ0v) is 10.0. The van der Waals surface area contributed by atoms with Gasteiger partial charge in [-0.05, 0) is 56.5 Å². The molecule has 0 saturated carbocycles. The van der Waals surface area contributed by atoms with Crippen molar-refractivity contribution in [2.75, 3.05) is 13.1 Å². The number of hydrogen-bond acceptors (Lipinski definition) is 2. The van der Waals surface area contributed by atoms with E-state index in [0.29, 0.717) is 0 Å². The Kier molecular flexibility index (Phi) is 3.26. The molecule has 0 radical (unpaired) electrons. The monoisotopic (exact) mass is 214 g/mol. The Hall–Kier alpha value is -1.33. The van der Waals surface area contributed by atoms with Crippen molar-refractivity contribution in [1.29, 1.82) is 5.26 Å². The van der Waals surface area contributed by atoms with Crippen molar-refractivity contribution in [3.8, 4) is 6.07 Å². The number of aryl methyl sites for hydroxylation is 1. The molecule has 0 N–H and O–H groups in total. The lowest BCUT2D eigenvalue weighted by atomic mass is 9.97. The average molecular weight is 214 g/mol. The number of nitrogens with zero attached hydrogens (tertiary/aromatic N) is 2. The smallest absolute Gasteiger partial charge is 0.124 e. The third-order valence-electron chi connectivity index (χ3n) is 3.57. The summed E-state index contributed by atoms with van der Waals surface area (Å²) in [5, 5.41) is 9.36. The van der Waals surface area contributed by atoms with Crippen LogP contribution in [0.3, 0.4) is 0 Å². The number of nitriles is 1. The predicted molar refractivity (Wildman–Crippen MR) is 65.1 cm³/mol. The highest BCUT2D eigenvalue weighted by Crippen LogP contribution is 2.27. The third-order valence-corrected chi connectivity index (χ3v) is 3.57. The van der Waals surface area contributed by atoms with Crippen LogP contribution in [-0.4, -0.2) is 18.0 Å². The second-order valence-electron chi connectivity index (χ2n) is 4.56. The minimum absolute atomic E-state index is 0.0533. The summed E-state index contributed by atoms with van der Waals surface area (Å²) in [5.41, 5.74) is 3.72. The average Bonchev–Trinajstić information content (AvgIpc) is 2.79. The summed E-state index contributed by atoms with van der Waals surface area (Å²) in [7, 11) is 0. The molecule has 2 rings (SSSR count). The molecule has 1 aliphatic heterocycles. The van der Waals surface area contributed by atoms with Gasteiger partial charge in [-0.25, -0.2) is 0 Å². The first kappa shape index (κ1) is 11.2. The Morgan fingerprint density at radius 2 is 1.94 bits per heavy atom. The topological polar surface area (TPSA) is 27.0 Å². The van der Waals surface area contributed by atoms with Crippen molar-refractivity contribution in [1.82, 2.24) is 4.90 Å². The van der Waals surface area contributed by atoms with Crippen LogP contribution in [0.15, 0.2) is 18.2 Å². The largest absolute Gasteiger partial charge is 0.284 e. The summed E-state index contributed by atoms with van der Waals surface area (Å²) in [6.45, 7) is 6.35. The first-order chi connectivity index (χ1) is 7.74. The summed E-state index contributed by atoms with van der Waals surface area (Å²) in [4.78, 5) is 2.29. The number of rotatable bonds is 2. The van der Waals surface area contributed by atoms with Crippen LogP contribution in [0.1, 0.15) is 35.6 Å². The molecule has 1 unspecified atom stereocenters. The number of hydrogen-bond donors (Lipinski definition) is 0. The van der Waals surface area contributed by atoms with Crippen LogP contribution in [-0.2, 0) is 0 Å². The minimum Gasteiger partial charge on any atom is -0.284 e. The van der Waals surface area contributed by atoms with E-state index in [1.165, 1.54) is 29.5 Å². The fraction of sp³-hybridized carbons (Fsp3) is 0.500. The van der Waals surface area contributed by atoms with E-state index in [4.69, 9.17) is 0 Å². The molecule has 84 valence electrons. The van der Waals surface area contributed by atoms with Crippen LogP contribution < -0.4 is 0 Å². The molecular formula is C14H18N2. The standard InChI is InChI=1S/C14H18N2/c1-11-6-5-7-13(12(11)2)14(10-15)16-8-3-4-9-16/h5-7,14H,3-4,8-9H2,1-2H3. The first-order valence-electron chi connectivity index (χ1n) is 5.94. The summed E-state index contributed by atoms with van der Waals surface area (Å²) in [5.74, 6) is 0. The minimum atomic E-state index is -0.0533. The van der Waals surface area contributed by atoms with E-state index < -0.39 is 0 Å². The van der Waals surface area contributed by atoms with Crippen molar-refractivity contribution in [2.45, 2.75) is 32.7 Å². The Morgan fingerprint density at radius 3 is 2.56 bits per heavy atom. The fourth-order valence-corrected chi connectivity index (χ4v) is 2.42. The van der Waals surface area contributed by atoms with Crippen LogP contribution >= 0.6 is 0 Å². The lowest BCUT2D eigenvalue weighted by Crippen LogP contribution is -2.25. The number of likely N-dealkylation sites (tertiary alicyclic amines) is 1. The highest BCUT2D eigenvalue weighted by Gasteiger charge is 2.24. The maximum absolute atomic E-state index is 9.36. The Morgan fingerprint density at radius 1 is 1.25 bits per heavy atom. The van der Waals surface area contributed by atoms with Crippen LogP contribution in [0, 0.1) is 25.2 Å². The van der Waals surface area contributed by atoms with E-state index in [-0.39, 0.29) is 6.04 Å². The molecule has 1 aromatic carbocycles. The molecule has 1 fully saturated rings. The molecule has 2 heteroatoms. The normalized spacial score (nSPS) is 18.3. The fourth-order valence-electron chi connectivity index (χ4n) is 2.42. The maximum atomic E-state index is 9.36. The van der Waals surface area contributed by atoms with Crippen molar-refractivity contribution in [3.05, 3.63) is 34.9 Å². The summed E-state index contributed by atoms with van der Waals surface area (Å²) in [6.07, 6.45) is 2.45. The van der Waals surface area contributed by atoms with Gasteiger partial charge in [0.05, 0.1) is 6.07 Å². The molecule has 1 saturated heterocycles. The van der Waals surface area contributed by atoms with Gasteiger partial charge < -0.3 is 0 Å². The Labute approximate surface area is 97.5 Å². The molecule has 2 nitrogen and oxygen atoms in total. The number of benzene rings is 1. The van der Waals surface area contributed by atoms with Gasteiger partial charge in [0.25, 0.3) is 0 Å². The zero-order valence-electron chi connectivity index (χ0n) is 10.0. The molecular weight excluding hydrogens is 196 g/mol. The first-order valence-corrected chi connectivity index (χ1v) is 5.94. The molecule has 1 heterocycles. The molecule has 1 atom stereocenters. The van der Waals surface area contributed by atoms with Crippen molar-refractivity contribution >= 4 is 0 Å². The van der Waals surface area contributed by atoms with E-state index in [9.17, 15) is 5.26 Å². The SMILES string of the molecule is Cc1cccc(C(C#N)N2CCCC2)c1C. The summed E-state index contributed by atoms with van der Waals surface area (Å²) in [6, 6.07) is 8.65. The van der Waals surface area contributed by atoms with Gasteiger partial charge in [-0.15, -0.1) is 0 Å². The van der Waals surface area contributed by atoms with Crippen molar-refractivity contribution in [2.24, 2.45) is 0 Å². The molecule has 0 aromatic heterocycles. The highest BCUT2D eigenvalue weighted by molar-refractivity contribution is 5.37. The lowest BCUT2D eigenvalue weighted by Gasteiger charge is -2.23. The molecule has 0 aliphatic carbocycles. The molecule has 1 aliphatic rings. The van der Waals surface area contributed by atoms with Crippen LogP contribution in [0.25, 0.3) is 0 Å². The summed E-state index contributed by atoms with van der Waals surface area (Å²) < 4.78 is 0. The molecule has 16 heavy (non-hydrogen) atoms. The van der Waals surface area contributed by atoms with Gasteiger partial charge in [0, 0.05) is 0 Å². The van der Waals surface area contributed by atoms with Crippen LogP contribution in [0.5, 0.6) is 0 Å². The van der Waals surface area contributed by atoms with E-state index in [2.05, 4.69) is 43.0 Å². The highest BCUT2D eigenvalue weighted by atomic mass is 15.2.